The van der Waals surface area contributed by atoms with Gasteiger partial charge in [0.2, 0.25) is 5.91 Å². The molecule has 0 heterocycles. The van der Waals surface area contributed by atoms with Gasteiger partial charge in [0, 0.05) is 5.69 Å². The number of hydrogen-bond acceptors (Lipinski definition) is 2. The summed E-state index contributed by atoms with van der Waals surface area (Å²) in [5.74, 6) is -9.76. The number of hydrogen-bond donors (Lipinski definition) is 2. The fourth-order valence-electron chi connectivity index (χ4n) is 1.70. The third-order valence-corrected chi connectivity index (χ3v) is 2.64. The summed E-state index contributed by atoms with van der Waals surface area (Å²) >= 11 is 0. The van der Waals surface area contributed by atoms with Crippen LogP contribution in [0.15, 0.2) is 30.3 Å². The number of rotatable bonds is 3. The van der Waals surface area contributed by atoms with Crippen molar-refractivity contribution in [3.63, 3.8) is 0 Å². The maximum Gasteiger partial charge on any atom is 0.313 e. The largest absolute Gasteiger partial charge is 0.481 e. The van der Waals surface area contributed by atoms with Gasteiger partial charge in [0.1, 0.15) is 11.8 Å². The van der Waals surface area contributed by atoms with Gasteiger partial charge in [-0.1, -0.05) is 18.2 Å². The lowest BCUT2D eigenvalue weighted by molar-refractivity contribution is -0.141. The van der Waals surface area contributed by atoms with Crippen LogP contribution in [0.5, 0.6) is 0 Å². The molecule has 1 aromatic rings. The van der Waals surface area contributed by atoms with Gasteiger partial charge in [-0.15, -0.1) is 0 Å². The zero-order valence-electron chi connectivity index (χ0n) is 8.56. The summed E-state index contributed by atoms with van der Waals surface area (Å²) in [4.78, 5) is 21.9. The smallest absolute Gasteiger partial charge is 0.313 e. The van der Waals surface area contributed by atoms with Gasteiger partial charge in [0.25, 0.3) is 5.92 Å². The van der Waals surface area contributed by atoms with E-state index >= 15 is 0 Å². The molecule has 2 rings (SSSR count). The summed E-state index contributed by atoms with van der Waals surface area (Å²) in [6.45, 7) is 0. The lowest BCUT2D eigenvalue weighted by Gasteiger charge is -2.03. The molecule has 1 aromatic carbocycles. The monoisotopic (exact) mass is 241 g/mol. The Morgan fingerprint density at radius 3 is 2.24 bits per heavy atom. The van der Waals surface area contributed by atoms with Crippen molar-refractivity contribution in [2.75, 3.05) is 5.32 Å². The topological polar surface area (TPSA) is 66.4 Å². The second kappa shape index (κ2) is 3.80. The third kappa shape index (κ3) is 1.98. The molecule has 2 N–H and O–H groups in total. The van der Waals surface area contributed by atoms with Gasteiger partial charge in [-0.25, -0.2) is 8.78 Å². The van der Waals surface area contributed by atoms with Gasteiger partial charge >= 0.3 is 5.97 Å². The van der Waals surface area contributed by atoms with Gasteiger partial charge in [-0.05, 0) is 12.1 Å². The Kier molecular flexibility index (Phi) is 2.57. The quantitative estimate of drug-likeness (QED) is 0.844. The minimum Gasteiger partial charge on any atom is -0.481 e. The number of amides is 1. The van der Waals surface area contributed by atoms with Crippen molar-refractivity contribution in [1.82, 2.24) is 0 Å². The van der Waals surface area contributed by atoms with Gasteiger partial charge in [0.15, 0.2) is 0 Å². The maximum absolute atomic E-state index is 13.0. The summed E-state index contributed by atoms with van der Waals surface area (Å²) in [6, 6.07) is 8.05. The van der Waals surface area contributed by atoms with Crippen LogP contribution in [0.3, 0.4) is 0 Å². The minimum atomic E-state index is -3.45. The first-order valence-corrected chi connectivity index (χ1v) is 4.91. The van der Waals surface area contributed by atoms with Gasteiger partial charge < -0.3 is 10.4 Å². The van der Waals surface area contributed by atoms with Crippen molar-refractivity contribution >= 4 is 17.6 Å². The first kappa shape index (κ1) is 11.5. The first-order valence-electron chi connectivity index (χ1n) is 4.91. The van der Waals surface area contributed by atoms with Gasteiger partial charge in [-0.2, -0.15) is 0 Å². The van der Waals surface area contributed by atoms with Crippen LogP contribution < -0.4 is 5.32 Å². The number of alkyl halides is 2. The summed E-state index contributed by atoms with van der Waals surface area (Å²) in [6.07, 6.45) is 0. The Morgan fingerprint density at radius 1 is 1.18 bits per heavy atom. The second-order valence-electron chi connectivity index (χ2n) is 3.82. The van der Waals surface area contributed by atoms with E-state index < -0.39 is 29.6 Å². The Balaban J connectivity index is 2.06. The van der Waals surface area contributed by atoms with Crippen LogP contribution in [0.2, 0.25) is 0 Å². The van der Waals surface area contributed by atoms with Gasteiger partial charge in [0.05, 0.1) is 0 Å². The molecule has 0 spiro atoms. The standard InChI is InChI=1S/C11H9F2NO3/c12-11(13)7(8(11)10(16)17)9(15)14-6-4-2-1-3-5-6/h1-5,7-8H,(H,14,15)(H,16,17)/t7-,8-/m0/s1. The van der Waals surface area contributed by atoms with Crippen LogP contribution >= 0.6 is 0 Å². The van der Waals surface area contributed by atoms with E-state index in [1.807, 2.05) is 0 Å². The van der Waals surface area contributed by atoms with Crippen molar-refractivity contribution in [3.05, 3.63) is 30.3 Å². The molecule has 0 aromatic heterocycles. The van der Waals surface area contributed by atoms with E-state index in [1.54, 1.807) is 18.2 Å². The van der Waals surface area contributed by atoms with Crippen molar-refractivity contribution in [3.8, 4) is 0 Å². The van der Waals surface area contributed by atoms with E-state index in [-0.39, 0.29) is 0 Å². The molecule has 1 saturated carbocycles. The molecular weight excluding hydrogens is 232 g/mol. The normalized spacial score (nSPS) is 25.1. The Labute approximate surface area is 95.2 Å². The lowest BCUT2D eigenvalue weighted by atomic mass is 10.2. The van der Waals surface area contributed by atoms with Crippen LogP contribution in [0, 0.1) is 11.8 Å². The van der Waals surface area contributed by atoms with Crippen molar-refractivity contribution in [1.29, 1.82) is 0 Å². The number of halogens is 2. The van der Waals surface area contributed by atoms with Crippen LogP contribution in [0.25, 0.3) is 0 Å². The van der Waals surface area contributed by atoms with Gasteiger partial charge in [-0.3, -0.25) is 9.59 Å². The predicted molar refractivity (Wildman–Crippen MR) is 54.6 cm³/mol. The fraction of sp³-hybridized carbons (Fsp3) is 0.273. The molecule has 0 bridgehead atoms. The van der Waals surface area contributed by atoms with E-state index in [1.165, 1.54) is 12.1 Å². The number of nitrogens with one attached hydrogen (secondary N) is 1. The van der Waals surface area contributed by atoms with E-state index in [4.69, 9.17) is 5.11 Å². The highest BCUT2D eigenvalue weighted by Crippen LogP contribution is 2.55. The van der Waals surface area contributed by atoms with Crippen LogP contribution in [0.4, 0.5) is 14.5 Å². The Bertz CT molecular complexity index is 461. The van der Waals surface area contributed by atoms with Crippen LogP contribution in [0.1, 0.15) is 0 Å². The fourth-order valence-corrected chi connectivity index (χ4v) is 1.70. The van der Waals surface area contributed by atoms with Crippen molar-refractivity contribution < 1.29 is 23.5 Å². The predicted octanol–water partition coefficient (Wildman–Crippen LogP) is 1.59. The third-order valence-electron chi connectivity index (χ3n) is 2.64. The van der Waals surface area contributed by atoms with E-state index in [9.17, 15) is 18.4 Å². The van der Waals surface area contributed by atoms with Crippen molar-refractivity contribution in [2.45, 2.75) is 5.92 Å². The number of carboxylic acids is 1. The number of benzene rings is 1. The molecule has 0 unspecified atom stereocenters. The number of aliphatic carboxylic acids is 1. The zero-order valence-corrected chi connectivity index (χ0v) is 8.56. The molecule has 2 atom stereocenters. The molecule has 1 aliphatic carbocycles. The maximum atomic E-state index is 13.0. The average Bonchev–Trinajstić information content (AvgIpc) is 2.83. The zero-order chi connectivity index (χ0) is 12.6. The molecule has 0 aliphatic heterocycles. The van der Waals surface area contributed by atoms with Crippen LogP contribution in [-0.2, 0) is 9.59 Å². The van der Waals surface area contributed by atoms with Crippen molar-refractivity contribution in [2.24, 2.45) is 11.8 Å². The second-order valence-corrected chi connectivity index (χ2v) is 3.82. The molecule has 1 aliphatic rings. The molecule has 17 heavy (non-hydrogen) atoms. The number of anilines is 1. The highest BCUT2D eigenvalue weighted by Gasteiger charge is 2.75. The molecule has 1 fully saturated rings. The highest BCUT2D eigenvalue weighted by atomic mass is 19.3. The lowest BCUT2D eigenvalue weighted by Crippen LogP contribution is -2.18. The molecule has 6 heteroatoms. The number of carbonyl (C=O) groups is 2. The van der Waals surface area contributed by atoms with E-state index in [0.29, 0.717) is 5.69 Å². The number of carboxylic acid groups (broad SMARTS) is 1. The summed E-state index contributed by atoms with van der Waals surface area (Å²) in [5.41, 5.74) is 0.365. The number of carbonyl (C=O) groups excluding carboxylic acids is 1. The van der Waals surface area contributed by atoms with E-state index in [0.717, 1.165) is 0 Å². The molecule has 4 nitrogen and oxygen atoms in total. The van der Waals surface area contributed by atoms with E-state index in [2.05, 4.69) is 5.32 Å². The average molecular weight is 241 g/mol. The first-order chi connectivity index (χ1) is 7.94. The Hall–Kier alpha value is -1.98. The van der Waals surface area contributed by atoms with Crippen LogP contribution in [-0.4, -0.2) is 22.9 Å². The summed E-state index contributed by atoms with van der Waals surface area (Å²) in [7, 11) is 0. The molecule has 0 radical (unpaired) electrons. The molecular formula is C11H9F2NO3. The molecule has 1 amide bonds. The minimum absolute atomic E-state index is 0.365. The SMILES string of the molecule is O=C(O)[C@@H]1[C@@H](C(=O)Nc2ccccc2)C1(F)F. The molecule has 90 valence electrons. The summed E-state index contributed by atoms with van der Waals surface area (Å²) in [5, 5.41) is 10.8. The summed E-state index contributed by atoms with van der Waals surface area (Å²) < 4.78 is 26.0. The molecule has 0 saturated heterocycles. The number of para-hydroxylation sites is 1. The Morgan fingerprint density at radius 2 is 1.76 bits per heavy atom. The highest BCUT2D eigenvalue weighted by molar-refractivity contribution is 6.00.